The first-order chi connectivity index (χ1) is 15.8. The number of hydrogen-bond donors (Lipinski definition) is 1. The fourth-order valence-corrected chi connectivity index (χ4v) is 3.86. The van der Waals surface area contributed by atoms with Gasteiger partial charge in [0.1, 0.15) is 23.2 Å². The highest BCUT2D eigenvalue weighted by Crippen LogP contribution is 2.36. The summed E-state index contributed by atoms with van der Waals surface area (Å²) in [6.45, 7) is 0.390. The van der Waals surface area contributed by atoms with Crippen LogP contribution in [0.2, 0.25) is 0 Å². The fraction of sp³-hybridized carbons (Fsp3) is 0.261. The van der Waals surface area contributed by atoms with Crippen LogP contribution in [0.5, 0.6) is 5.88 Å². The van der Waals surface area contributed by atoms with Crippen molar-refractivity contribution >= 4 is 28.0 Å². The van der Waals surface area contributed by atoms with Crippen LogP contribution in [0.15, 0.2) is 52.9 Å². The number of nitrogens with zero attached hydrogens (tertiary/aromatic N) is 2. The third-order valence-corrected chi connectivity index (χ3v) is 5.51. The molecule has 0 bridgehead atoms. The molecule has 4 aromatic rings. The normalized spacial score (nSPS) is 18.7. The van der Waals surface area contributed by atoms with Gasteiger partial charge in [-0.2, -0.15) is 18.2 Å². The maximum Gasteiger partial charge on any atom is 0.416 e. The van der Waals surface area contributed by atoms with Crippen molar-refractivity contribution in [2.45, 2.75) is 24.7 Å². The molecule has 0 aliphatic carbocycles. The zero-order valence-corrected chi connectivity index (χ0v) is 17.3. The summed E-state index contributed by atoms with van der Waals surface area (Å²) in [5.74, 6) is -0.0280. The third kappa shape index (κ3) is 3.97. The van der Waals surface area contributed by atoms with Crippen LogP contribution < -0.4 is 10.1 Å². The monoisotopic (exact) mass is 457 g/mol. The van der Waals surface area contributed by atoms with E-state index in [-0.39, 0.29) is 23.8 Å². The lowest BCUT2D eigenvalue weighted by molar-refractivity contribution is -0.142. The molecule has 2 atom stereocenters. The second-order valence-corrected chi connectivity index (χ2v) is 7.66. The molecule has 33 heavy (non-hydrogen) atoms. The van der Waals surface area contributed by atoms with Crippen molar-refractivity contribution in [1.29, 1.82) is 0 Å². The predicted octanol–water partition coefficient (Wildman–Crippen LogP) is 4.34. The molecule has 0 saturated carbocycles. The minimum Gasteiger partial charge on any atom is -0.470 e. The first-order valence-corrected chi connectivity index (χ1v) is 10.2. The Bertz CT molecular complexity index is 1330. The zero-order chi connectivity index (χ0) is 23.2. The van der Waals surface area contributed by atoms with Gasteiger partial charge in [0.05, 0.1) is 12.7 Å². The van der Waals surface area contributed by atoms with Crippen LogP contribution in [0.4, 0.5) is 13.2 Å². The third-order valence-electron chi connectivity index (χ3n) is 5.51. The molecule has 1 aliphatic rings. The second kappa shape index (κ2) is 8.04. The Labute approximate surface area is 185 Å². The van der Waals surface area contributed by atoms with Crippen LogP contribution in [0.3, 0.4) is 0 Å². The molecule has 2 aromatic heterocycles. The van der Waals surface area contributed by atoms with Crippen molar-refractivity contribution in [1.82, 2.24) is 15.3 Å². The molecule has 5 rings (SSSR count). The van der Waals surface area contributed by atoms with Crippen LogP contribution in [0.1, 0.15) is 12.0 Å². The van der Waals surface area contributed by atoms with Gasteiger partial charge < -0.3 is 19.2 Å². The summed E-state index contributed by atoms with van der Waals surface area (Å²) in [7, 11) is 1.32. The molecule has 10 heteroatoms. The Hall–Kier alpha value is -3.66. The molecule has 1 aliphatic heterocycles. The van der Waals surface area contributed by atoms with Crippen molar-refractivity contribution in [3.05, 3.63) is 54.1 Å². The van der Waals surface area contributed by atoms with Crippen molar-refractivity contribution in [2.24, 2.45) is 0 Å². The molecular formula is C23H18F3N3O4. The molecule has 0 spiro atoms. The number of rotatable bonds is 4. The highest BCUT2D eigenvalue weighted by molar-refractivity contribution is 6.04. The number of nitrogens with one attached hydrogen (secondary N) is 1. The summed E-state index contributed by atoms with van der Waals surface area (Å²) < 4.78 is 55.7. The molecule has 2 aromatic carbocycles. The number of alkyl halides is 3. The lowest BCUT2D eigenvalue weighted by Gasteiger charge is -2.13. The van der Waals surface area contributed by atoms with Crippen molar-refractivity contribution in [3.63, 3.8) is 0 Å². The van der Waals surface area contributed by atoms with Gasteiger partial charge >= 0.3 is 12.1 Å². The molecule has 1 fully saturated rings. The number of furan rings is 1. The number of hydrogen-bond acceptors (Lipinski definition) is 7. The standard InChI is InChI=1S/C23H18F3N3O4/c1-31-22(30)16-10-14(11-27-16)32-21-19-18(15-4-2-3-5-17(15)33-19)28-20(29-21)12-6-8-13(9-7-12)23(24,25)26/h2-9,14,16,27H,10-11H2,1H3/t14-,16+/m1/s1. The molecule has 1 saturated heterocycles. The summed E-state index contributed by atoms with van der Waals surface area (Å²) in [6.07, 6.45) is -4.46. The van der Waals surface area contributed by atoms with Crippen molar-refractivity contribution in [3.8, 4) is 17.3 Å². The number of para-hydroxylation sites is 1. The van der Waals surface area contributed by atoms with Gasteiger partial charge in [0.25, 0.3) is 5.88 Å². The van der Waals surface area contributed by atoms with Gasteiger partial charge in [-0.05, 0) is 24.3 Å². The molecular weight excluding hydrogens is 439 g/mol. The van der Waals surface area contributed by atoms with E-state index in [1.165, 1.54) is 19.2 Å². The smallest absolute Gasteiger partial charge is 0.416 e. The number of methoxy groups -OCH3 is 1. The van der Waals surface area contributed by atoms with E-state index in [0.29, 0.717) is 35.2 Å². The summed E-state index contributed by atoms with van der Waals surface area (Å²) in [5.41, 5.74) is 1.03. The molecule has 1 N–H and O–H groups in total. The van der Waals surface area contributed by atoms with E-state index in [4.69, 9.17) is 13.9 Å². The molecule has 7 nitrogen and oxygen atoms in total. The lowest BCUT2D eigenvalue weighted by atomic mass is 10.1. The van der Waals surface area contributed by atoms with Crippen LogP contribution in [-0.4, -0.2) is 41.7 Å². The number of carbonyl (C=O) groups excluding carboxylic acids is 1. The first kappa shape index (κ1) is 21.2. The fourth-order valence-electron chi connectivity index (χ4n) is 3.86. The number of aromatic nitrogens is 2. The van der Waals surface area contributed by atoms with E-state index in [0.717, 1.165) is 17.5 Å². The number of carbonyl (C=O) groups is 1. The van der Waals surface area contributed by atoms with Gasteiger partial charge in [0, 0.05) is 23.9 Å². The molecule has 0 radical (unpaired) electrons. The first-order valence-electron chi connectivity index (χ1n) is 10.2. The topological polar surface area (TPSA) is 86.5 Å². The van der Waals surface area contributed by atoms with E-state index < -0.39 is 17.8 Å². The highest BCUT2D eigenvalue weighted by atomic mass is 19.4. The summed E-state index contributed by atoms with van der Waals surface area (Å²) in [4.78, 5) is 20.8. The van der Waals surface area contributed by atoms with Gasteiger partial charge in [0.2, 0.25) is 5.58 Å². The molecule has 0 unspecified atom stereocenters. The second-order valence-electron chi connectivity index (χ2n) is 7.66. The van der Waals surface area contributed by atoms with E-state index in [2.05, 4.69) is 15.3 Å². The van der Waals surface area contributed by atoms with E-state index >= 15 is 0 Å². The van der Waals surface area contributed by atoms with E-state index in [9.17, 15) is 18.0 Å². The van der Waals surface area contributed by atoms with Crippen molar-refractivity contribution < 1.29 is 31.9 Å². The summed E-state index contributed by atoms with van der Waals surface area (Å²) in [6, 6.07) is 11.4. The average Bonchev–Trinajstić information content (AvgIpc) is 3.43. The number of benzene rings is 2. The van der Waals surface area contributed by atoms with Gasteiger partial charge in [-0.1, -0.05) is 24.3 Å². The summed E-state index contributed by atoms with van der Waals surface area (Å²) >= 11 is 0. The Morgan fingerprint density at radius 3 is 2.61 bits per heavy atom. The Morgan fingerprint density at radius 1 is 1.12 bits per heavy atom. The van der Waals surface area contributed by atoms with Crippen LogP contribution in [0.25, 0.3) is 33.5 Å². The zero-order valence-electron chi connectivity index (χ0n) is 17.3. The summed E-state index contributed by atoms with van der Waals surface area (Å²) in [5, 5.41) is 3.77. The average molecular weight is 457 g/mol. The number of esters is 1. The van der Waals surface area contributed by atoms with Crippen molar-refractivity contribution in [2.75, 3.05) is 13.7 Å². The maximum absolute atomic E-state index is 13.0. The molecule has 170 valence electrons. The quantitative estimate of drug-likeness (QED) is 0.456. The number of ether oxygens (including phenoxy) is 2. The Balaban J connectivity index is 1.57. The minimum absolute atomic E-state index is 0.156. The van der Waals surface area contributed by atoms with Gasteiger partial charge in [0.15, 0.2) is 5.82 Å². The van der Waals surface area contributed by atoms with E-state index in [1.54, 1.807) is 6.07 Å². The van der Waals surface area contributed by atoms with Gasteiger partial charge in [-0.15, -0.1) is 0 Å². The van der Waals surface area contributed by atoms with Crippen LogP contribution >= 0.6 is 0 Å². The van der Waals surface area contributed by atoms with E-state index in [1.807, 2.05) is 18.2 Å². The minimum atomic E-state index is -4.44. The highest BCUT2D eigenvalue weighted by Gasteiger charge is 2.33. The van der Waals surface area contributed by atoms with Gasteiger partial charge in [-0.25, -0.2) is 4.98 Å². The SMILES string of the molecule is COC(=O)[C@@H]1C[C@@H](Oc2nc(-c3ccc(C(F)(F)F)cc3)nc3c2oc2ccccc23)CN1. The number of fused-ring (bicyclic) bond motifs is 3. The lowest BCUT2D eigenvalue weighted by Crippen LogP contribution is -2.31. The number of halogens is 3. The van der Waals surface area contributed by atoms with Crippen LogP contribution in [-0.2, 0) is 15.7 Å². The predicted molar refractivity (Wildman–Crippen MR) is 113 cm³/mol. The Kier molecular flexibility index (Phi) is 5.16. The van der Waals surface area contributed by atoms with Gasteiger partial charge in [-0.3, -0.25) is 4.79 Å². The van der Waals surface area contributed by atoms with Crippen LogP contribution in [0, 0.1) is 0 Å². The molecule has 3 heterocycles. The maximum atomic E-state index is 13.0. The Morgan fingerprint density at radius 2 is 1.88 bits per heavy atom. The molecule has 0 amide bonds. The largest absolute Gasteiger partial charge is 0.470 e.